The average molecular weight is 209 g/mol. The number of fused-ring (bicyclic) bond motifs is 1. The third-order valence-corrected chi connectivity index (χ3v) is 3.55. The lowest BCUT2D eigenvalue weighted by atomic mass is 9.70. The zero-order chi connectivity index (χ0) is 11.1. The van der Waals surface area contributed by atoms with Crippen molar-refractivity contribution in [2.24, 2.45) is 5.41 Å². The van der Waals surface area contributed by atoms with Gasteiger partial charge in [-0.2, -0.15) is 0 Å². The predicted octanol–water partition coefficient (Wildman–Crippen LogP) is 1.38. The van der Waals surface area contributed by atoms with Crippen LogP contribution in [0.3, 0.4) is 0 Å². The van der Waals surface area contributed by atoms with E-state index in [0.717, 1.165) is 12.8 Å². The number of carbonyl (C=O) groups excluding carboxylic acids is 1. The topological polar surface area (TPSA) is 57.6 Å². The van der Waals surface area contributed by atoms with Crippen molar-refractivity contribution >= 4 is 11.9 Å². The number of hydrogen-bond acceptors (Lipinski definition) is 2. The van der Waals surface area contributed by atoms with E-state index in [1.54, 1.807) is 7.05 Å². The van der Waals surface area contributed by atoms with Gasteiger partial charge >= 0.3 is 5.97 Å². The Morgan fingerprint density at radius 3 is 2.93 bits per heavy atom. The quantitative estimate of drug-likeness (QED) is 0.709. The highest BCUT2D eigenvalue weighted by atomic mass is 16.4. The van der Waals surface area contributed by atoms with Crippen LogP contribution in [0.2, 0.25) is 0 Å². The minimum Gasteiger partial charge on any atom is -0.481 e. The summed E-state index contributed by atoms with van der Waals surface area (Å²) in [6.07, 6.45) is 5.15. The molecule has 0 aromatic carbocycles. The lowest BCUT2D eigenvalue weighted by Gasteiger charge is -2.42. The van der Waals surface area contributed by atoms with E-state index in [1.807, 2.05) is 6.08 Å². The molecule has 82 valence electrons. The predicted molar refractivity (Wildman–Crippen MR) is 54.0 cm³/mol. The number of hydrogen-bond donors (Lipinski definition) is 1. The van der Waals surface area contributed by atoms with Crippen molar-refractivity contribution in [1.29, 1.82) is 0 Å². The van der Waals surface area contributed by atoms with E-state index in [9.17, 15) is 14.7 Å². The highest BCUT2D eigenvalue weighted by Gasteiger charge is 2.48. The zero-order valence-electron chi connectivity index (χ0n) is 8.82. The van der Waals surface area contributed by atoms with Crippen molar-refractivity contribution in [1.82, 2.24) is 4.90 Å². The van der Waals surface area contributed by atoms with Gasteiger partial charge in [-0.25, -0.2) is 0 Å². The monoisotopic (exact) mass is 209 g/mol. The zero-order valence-corrected chi connectivity index (χ0v) is 8.82. The summed E-state index contributed by atoms with van der Waals surface area (Å²) in [5.41, 5.74) is -0.0847. The van der Waals surface area contributed by atoms with Crippen LogP contribution in [0.4, 0.5) is 0 Å². The molecule has 0 saturated carbocycles. The number of allylic oxidation sites excluding steroid dienone is 1. The molecule has 1 aliphatic heterocycles. The molecule has 0 unspecified atom stereocenters. The van der Waals surface area contributed by atoms with E-state index in [1.165, 1.54) is 4.90 Å². The third-order valence-electron chi connectivity index (χ3n) is 3.55. The molecule has 1 amide bonds. The Hall–Kier alpha value is -1.32. The number of amides is 1. The molecular formula is C11H15NO3. The van der Waals surface area contributed by atoms with Crippen LogP contribution in [0, 0.1) is 5.41 Å². The molecule has 1 heterocycles. The number of carboxylic acid groups (broad SMARTS) is 1. The number of aliphatic carboxylic acids is 1. The fraction of sp³-hybridized carbons (Fsp3) is 0.636. The Bertz CT molecular complexity index is 348. The minimum absolute atomic E-state index is 0.0278. The molecule has 0 bridgehead atoms. The second-order valence-corrected chi connectivity index (χ2v) is 4.32. The summed E-state index contributed by atoms with van der Waals surface area (Å²) in [6.45, 7) is 0. The van der Waals surface area contributed by atoms with Gasteiger partial charge in [0.1, 0.15) is 5.41 Å². The molecule has 2 rings (SSSR count). The van der Waals surface area contributed by atoms with Crippen LogP contribution in [0.15, 0.2) is 11.8 Å². The van der Waals surface area contributed by atoms with Gasteiger partial charge in [0.25, 0.3) is 0 Å². The number of nitrogens with zero attached hydrogens (tertiary/aromatic N) is 1. The molecule has 1 N–H and O–H groups in total. The van der Waals surface area contributed by atoms with Crippen LogP contribution in [-0.4, -0.2) is 28.9 Å². The van der Waals surface area contributed by atoms with Gasteiger partial charge in [0.2, 0.25) is 5.91 Å². The number of rotatable bonds is 1. The second kappa shape index (κ2) is 3.36. The van der Waals surface area contributed by atoms with Crippen LogP contribution in [0.5, 0.6) is 0 Å². The molecule has 0 aromatic heterocycles. The molecule has 1 atom stereocenters. The van der Waals surface area contributed by atoms with Crippen LogP contribution in [0.1, 0.15) is 32.1 Å². The first-order valence-corrected chi connectivity index (χ1v) is 5.28. The molecule has 1 saturated heterocycles. The minimum atomic E-state index is -0.791. The molecule has 1 aliphatic carbocycles. The molecule has 15 heavy (non-hydrogen) atoms. The van der Waals surface area contributed by atoms with Crippen molar-refractivity contribution < 1.29 is 14.7 Å². The highest BCUT2D eigenvalue weighted by molar-refractivity contribution is 5.87. The van der Waals surface area contributed by atoms with Crippen LogP contribution in [0.25, 0.3) is 0 Å². The first-order valence-electron chi connectivity index (χ1n) is 5.28. The Kier molecular flexibility index (Phi) is 2.29. The Morgan fingerprint density at radius 1 is 1.53 bits per heavy atom. The first kappa shape index (κ1) is 10.2. The van der Waals surface area contributed by atoms with Crippen molar-refractivity contribution in [3.05, 3.63) is 11.8 Å². The van der Waals surface area contributed by atoms with Gasteiger partial charge in [-0.3, -0.25) is 9.59 Å². The van der Waals surface area contributed by atoms with E-state index < -0.39 is 11.4 Å². The number of carbonyl (C=O) groups is 2. The lowest BCUT2D eigenvalue weighted by molar-refractivity contribution is -0.152. The SMILES string of the molecule is CN1C(=O)CC[C@]2(C(=O)O)CCCC=C12. The van der Waals surface area contributed by atoms with Crippen LogP contribution in [-0.2, 0) is 9.59 Å². The van der Waals surface area contributed by atoms with Crippen LogP contribution >= 0.6 is 0 Å². The van der Waals surface area contributed by atoms with Gasteiger partial charge in [-0.15, -0.1) is 0 Å². The summed E-state index contributed by atoms with van der Waals surface area (Å²) in [5, 5.41) is 9.35. The van der Waals surface area contributed by atoms with Crippen molar-refractivity contribution in [2.75, 3.05) is 7.05 Å². The molecule has 0 aromatic rings. The van der Waals surface area contributed by atoms with Gasteiger partial charge in [0, 0.05) is 19.2 Å². The summed E-state index contributed by atoms with van der Waals surface area (Å²) >= 11 is 0. The summed E-state index contributed by atoms with van der Waals surface area (Å²) in [6, 6.07) is 0. The maximum Gasteiger partial charge on any atom is 0.315 e. The number of carboxylic acids is 1. The van der Waals surface area contributed by atoms with Crippen LogP contribution < -0.4 is 0 Å². The van der Waals surface area contributed by atoms with Gasteiger partial charge in [-0.1, -0.05) is 6.08 Å². The Morgan fingerprint density at radius 2 is 2.27 bits per heavy atom. The fourth-order valence-corrected chi connectivity index (χ4v) is 2.62. The van der Waals surface area contributed by atoms with E-state index >= 15 is 0 Å². The maximum atomic E-state index is 11.5. The summed E-state index contributed by atoms with van der Waals surface area (Å²) in [5.74, 6) is -0.757. The summed E-state index contributed by atoms with van der Waals surface area (Å²) in [4.78, 5) is 24.4. The number of likely N-dealkylation sites (tertiary alicyclic amines) is 1. The molecule has 0 radical (unpaired) electrons. The molecular weight excluding hydrogens is 194 g/mol. The van der Waals surface area contributed by atoms with Gasteiger partial charge in [0.05, 0.1) is 0 Å². The smallest absolute Gasteiger partial charge is 0.315 e. The molecule has 0 spiro atoms. The van der Waals surface area contributed by atoms with Crippen molar-refractivity contribution in [3.63, 3.8) is 0 Å². The maximum absolute atomic E-state index is 11.5. The van der Waals surface area contributed by atoms with Gasteiger partial charge < -0.3 is 10.0 Å². The standard InChI is InChI=1S/C11H15NO3/c1-12-8-4-2-3-6-11(8,10(14)15)7-5-9(12)13/h4H,2-3,5-7H2,1H3,(H,14,15)/t11-/m1/s1. The Balaban J connectivity index is 2.43. The van der Waals surface area contributed by atoms with Gasteiger partial charge in [0.15, 0.2) is 0 Å². The van der Waals surface area contributed by atoms with Crippen molar-refractivity contribution in [2.45, 2.75) is 32.1 Å². The van der Waals surface area contributed by atoms with E-state index in [0.29, 0.717) is 25.0 Å². The van der Waals surface area contributed by atoms with E-state index in [-0.39, 0.29) is 5.91 Å². The molecule has 2 aliphatic rings. The second-order valence-electron chi connectivity index (χ2n) is 4.32. The summed E-state index contributed by atoms with van der Waals surface area (Å²) < 4.78 is 0. The van der Waals surface area contributed by atoms with Gasteiger partial charge in [-0.05, 0) is 25.7 Å². The highest BCUT2D eigenvalue weighted by Crippen LogP contribution is 2.46. The van der Waals surface area contributed by atoms with E-state index in [2.05, 4.69) is 0 Å². The normalized spacial score (nSPS) is 30.9. The largest absolute Gasteiger partial charge is 0.481 e. The Labute approximate surface area is 88.6 Å². The first-order chi connectivity index (χ1) is 7.08. The fourth-order valence-electron chi connectivity index (χ4n) is 2.62. The number of piperidine rings is 1. The van der Waals surface area contributed by atoms with Crippen molar-refractivity contribution in [3.8, 4) is 0 Å². The van der Waals surface area contributed by atoms with E-state index in [4.69, 9.17) is 0 Å². The average Bonchev–Trinajstić information content (AvgIpc) is 2.24. The summed E-state index contributed by atoms with van der Waals surface area (Å²) in [7, 11) is 1.68. The molecule has 1 fully saturated rings. The third kappa shape index (κ3) is 1.35. The molecule has 4 nitrogen and oxygen atoms in total. The molecule has 4 heteroatoms. The lowest BCUT2D eigenvalue weighted by Crippen LogP contribution is -2.47.